The first kappa shape index (κ1) is 17.8. The zero-order chi connectivity index (χ0) is 18.7. The van der Waals surface area contributed by atoms with Crippen LogP contribution in [0.1, 0.15) is 11.1 Å². The van der Waals surface area contributed by atoms with Crippen LogP contribution in [0.25, 0.3) is 6.08 Å². The van der Waals surface area contributed by atoms with Crippen LogP contribution >= 0.6 is 11.6 Å². The Hall–Kier alpha value is -2.99. The Bertz CT molecular complexity index is 878. The van der Waals surface area contributed by atoms with Crippen LogP contribution in [0.4, 0.5) is 0 Å². The molecule has 6 nitrogen and oxygen atoms in total. The highest BCUT2D eigenvalue weighted by Gasteiger charge is 2.26. The molecule has 0 spiro atoms. The number of methoxy groups -OCH3 is 3. The Labute approximate surface area is 155 Å². The molecule has 0 saturated heterocycles. The van der Waals surface area contributed by atoms with E-state index in [2.05, 4.69) is 4.99 Å². The number of hydrogen-bond donors (Lipinski definition) is 0. The number of carbonyl (C=O) groups is 1. The van der Waals surface area contributed by atoms with Crippen LogP contribution in [-0.2, 0) is 9.53 Å². The second-order valence-corrected chi connectivity index (χ2v) is 5.74. The topological polar surface area (TPSA) is 66.4 Å². The molecule has 0 aliphatic carbocycles. The van der Waals surface area contributed by atoms with Crippen molar-refractivity contribution in [2.75, 3.05) is 21.3 Å². The number of esters is 1. The molecule has 1 aliphatic rings. The minimum atomic E-state index is -0.538. The van der Waals surface area contributed by atoms with E-state index in [1.807, 2.05) is 0 Å². The van der Waals surface area contributed by atoms with Gasteiger partial charge in [-0.1, -0.05) is 23.7 Å². The summed E-state index contributed by atoms with van der Waals surface area (Å²) >= 11 is 5.87. The molecule has 1 aliphatic heterocycles. The van der Waals surface area contributed by atoms with E-state index < -0.39 is 5.97 Å². The van der Waals surface area contributed by atoms with Gasteiger partial charge in [-0.15, -0.1) is 0 Å². The van der Waals surface area contributed by atoms with Gasteiger partial charge in [-0.05, 0) is 35.9 Å². The van der Waals surface area contributed by atoms with E-state index in [0.29, 0.717) is 27.8 Å². The van der Waals surface area contributed by atoms with Crippen LogP contribution in [0.2, 0.25) is 5.02 Å². The van der Waals surface area contributed by atoms with Gasteiger partial charge in [-0.25, -0.2) is 9.79 Å². The molecule has 0 aromatic heterocycles. The standard InChI is InChI=1S/C19H16ClNO5/c1-23-15-9-12(10-16(24-2)17(15)25-3)18-21-14(19(22)26-18)8-11-4-6-13(20)7-5-11/h4-10H,1-3H3/b14-8-. The maximum absolute atomic E-state index is 12.1. The van der Waals surface area contributed by atoms with Gasteiger partial charge in [0, 0.05) is 10.6 Å². The van der Waals surface area contributed by atoms with E-state index in [1.165, 1.54) is 21.3 Å². The molecule has 134 valence electrons. The first-order chi connectivity index (χ1) is 12.5. The molecule has 0 unspecified atom stereocenters. The SMILES string of the molecule is COc1cc(C2=N/C(=C\c3ccc(Cl)cc3)C(=O)O2)cc(OC)c1OC. The molecule has 0 radical (unpaired) electrons. The van der Waals surface area contributed by atoms with Crippen molar-refractivity contribution in [1.29, 1.82) is 0 Å². The highest BCUT2D eigenvalue weighted by Crippen LogP contribution is 2.39. The summed E-state index contributed by atoms with van der Waals surface area (Å²) in [5.41, 5.74) is 1.51. The maximum Gasteiger partial charge on any atom is 0.363 e. The number of nitrogens with zero attached hydrogens (tertiary/aromatic N) is 1. The number of halogens is 1. The predicted octanol–water partition coefficient (Wildman–Crippen LogP) is 3.71. The summed E-state index contributed by atoms with van der Waals surface area (Å²) in [6, 6.07) is 10.4. The number of aliphatic imine (C=N–C) groups is 1. The number of benzene rings is 2. The van der Waals surface area contributed by atoms with Crippen molar-refractivity contribution in [2.24, 2.45) is 4.99 Å². The molecule has 0 saturated carbocycles. The number of carbonyl (C=O) groups excluding carboxylic acids is 1. The van der Waals surface area contributed by atoms with Gasteiger partial charge in [0.05, 0.1) is 21.3 Å². The maximum atomic E-state index is 12.1. The molecule has 0 N–H and O–H groups in total. The first-order valence-electron chi connectivity index (χ1n) is 7.64. The van der Waals surface area contributed by atoms with E-state index in [0.717, 1.165) is 5.56 Å². The molecule has 26 heavy (non-hydrogen) atoms. The number of rotatable bonds is 5. The Balaban J connectivity index is 1.99. The van der Waals surface area contributed by atoms with Crippen molar-refractivity contribution in [3.8, 4) is 17.2 Å². The lowest BCUT2D eigenvalue weighted by atomic mass is 10.1. The quantitative estimate of drug-likeness (QED) is 0.590. The van der Waals surface area contributed by atoms with Crippen LogP contribution in [0.3, 0.4) is 0 Å². The van der Waals surface area contributed by atoms with Crippen LogP contribution in [0.5, 0.6) is 17.2 Å². The Morgan fingerprint density at radius 2 is 1.62 bits per heavy atom. The summed E-state index contributed by atoms with van der Waals surface area (Å²) in [5, 5.41) is 0.614. The molecule has 0 amide bonds. The first-order valence-corrected chi connectivity index (χ1v) is 8.02. The van der Waals surface area contributed by atoms with Crippen molar-refractivity contribution in [3.05, 3.63) is 58.2 Å². The van der Waals surface area contributed by atoms with Gasteiger partial charge in [0.1, 0.15) is 0 Å². The number of cyclic esters (lactones) is 1. The molecule has 7 heteroatoms. The van der Waals surface area contributed by atoms with E-state index in [-0.39, 0.29) is 11.6 Å². The summed E-state index contributed by atoms with van der Waals surface area (Å²) in [6.45, 7) is 0. The third-order valence-corrected chi connectivity index (χ3v) is 3.96. The molecule has 0 fully saturated rings. The fraction of sp³-hybridized carbons (Fsp3) is 0.158. The van der Waals surface area contributed by atoms with E-state index in [1.54, 1.807) is 42.5 Å². The summed E-state index contributed by atoms with van der Waals surface area (Å²) in [4.78, 5) is 16.4. The van der Waals surface area contributed by atoms with Gasteiger partial charge in [-0.3, -0.25) is 0 Å². The molecule has 0 bridgehead atoms. The zero-order valence-corrected chi connectivity index (χ0v) is 15.2. The lowest BCUT2D eigenvalue weighted by Crippen LogP contribution is -2.06. The molecule has 2 aromatic carbocycles. The third-order valence-electron chi connectivity index (χ3n) is 3.71. The van der Waals surface area contributed by atoms with Gasteiger partial charge >= 0.3 is 5.97 Å². The highest BCUT2D eigenvalue weighted by atomic mass is 35.5. The third kappa shape index (κ3) is 3.50. The normalized spacial score (nSPS) is 14.8. The summed E-state index contributed by atoms with van der Waals surface area (Å²) < 4.78 is 21.2. The Morgan fingerprint density at radius 1 is 1.00 bits per heavy atom. The van der Waals surface area contributed by atoms with Crippen molar-refractivity contribution in [2.45, 2.75) is 0 Å². The van der Waals surface area contributed by atoms with E-state index in [4.69, 9.17) is 30.5 Å². The van der Waals surface area contributed by atoms with Crippen molar-refractivity contribution < 1.29 is 23.7 Å². The lowest BCUT2D eigenvalue weighted by Gasteiger charge is -2.13. The smallest absolute Gasteiger partial charge is 0.363 e. The van der Waals surface area contributed by atoms with Gasteiger partial charge in [-0.2, -0.15) is 0 Å². The number of ether oxygens (including phenoxy) is 4. The van der Waals surface area contributed by atoms with Crippen molar-refractivity contribution in [1.82, 2.24) is 0 Å². The Morgan fingerprint density at radius 3 is 2.15 bits per heavy atom. The van der Waals surface area contributed by atoms with Gasteiger partial charge in [0.2, 0.25) is 11.6 Å². The molecule has 3 rings (SSSR count). The predicted molar refractivity (Wildman–Crippen MR) is 98.2 cm³/mol. The number of hydrogen-bond acceptors (Lipinski definition) is 6. The average Bonchev–Trinajstić information content (AvgIpc) is 3.02. The fourth-order valence-electron chi connectivity index (χ4n) is 2.45. The van der Waals surface area contributed by atoms with Gasteiger partial charge < -0.3 is 18.9 Å². The van der Waals surface area contributed by atoms with Crippen LogP contribution in [0, 0.1) is 0 Å². The average molecular weight is 374 g/mol. The summed E-state index contributed by atoms with van der Waals surface area (Å²) in [6.07, 6.45) is 1.63. The zero-order valence-electron chi connectivity index (χ0n) is 14.4. The highest BCUT2D eigenvalue weighted by molar-refractivity contribution is 6.30. The molecule has 0 atom stereocenters. The van der Waals surface area contributed by atoms with Crippen LogP contribution in [0.15, 0.2) is 47.1 Å². The Kier molecular flexibility index (Phi) is 5.14. The van der Waals surface area contributed by atoms with E-state index in [9.17, 15) is 4.79 Å². The minimum Gasteiger partial charge on any atom is -0.493 e. The second-order valence-electron chi connectivity index (χ2n) is 5.30. The van der Waals surface area contributed by atoms with Gasteiger partial charge in [0.25, 0.3) is 0 Å². The second kappa shape index (κ2) is 7.49. The largest absolute Gasteiger partial charge is 0.493 e. The summed E-state index contributed by atoms with van der Waals surface area (Å²) in [5.74, 6) is 0.949. The minimum absolute atomic E-state index is 0.162. The molecule has 2 aromatic rings. The van der Waals surface area contributed by atoms with E-state index >= 15 is 0 Å². The molecular weight excluding hydrogens is 358 g/mol. The van der Waals surface area contributed by atoms with Crippen LogP contribution in [-0.4, -0.2) is 33.2 Å². The molecular formula is C19H16ClNO5. The monoisotopic (exact) mass is 373 g/mol. The summed E-state index contributed by atoms with van der Waals surface area (Å²) in [7, 11) is 4.53. The van der Waals surface area contributed by atoms with Crippen LogP contribution < -0.4 is 14.2 Å². The fourth-order valence-corrected chi connectivity index (χ4v) is 2.58. The van der Waals surface area contributed by atoms with Gasteiger partial charge in [0.15, 0.2) is 17.2 Å². The molecule has 1 heterocycles. The lowest BCUT2D eigenvalue weighted by molar-refractivity contribution is -0.129. The van der Waals surface area contributed by atoms with Crippen molar-refractivity contribution >= 4 is 29.5 Å². The van der Waals surface area contributed by atoms with Crippen molar-refractivity contribution in [3.63, 3.8) is 0 Å².